The minimum absolute atomic E-state index is 0.417. The lowest BCUT2D eigenvalue weighted by atomic mass is 9.70. The first kappa shape index (κ1) is 37.4. The second-order valence-corrected chi connectivity index (χ2v) is 16.5. The number of para-hydroxylation sites is 4. The zero-order chi connectivity index (χ0) is 42.5. The maximum Gasteiger partial charge on any atom is 0.0725 e. The summed E-state index contributed by atoms with van der Waals surface area (Å²) in [5.41, 5.74) is 19.7. The fraction of sp³-hybridized carbons (Fsp3) is 0.0164. The van der Waals surface area contributed by atoms with Crippen LogP contribution in [-0.2, 0) is 5.41 Å². The molecule has 0 atom stereocenters. The SMILES string of the molecule is c1ccc(N(c2ccccc2)c2cccc(N(c3cccc(N(c4ccccc4)c4ccccc4)c3)c3ccc4c(c3)-c3ccccc3C43c4ccccc4-c4ccccc43)c2)cc1. The normalized spacial score (nSPS) is 12.5. The van der Waals surface area contributed by atoms with Crippen molar-refractivity contribution in [3.63, 3.8) is 0 Å². The predicted molar refractivity (Wildman–Crippen MR) is 267 cm³/mol. The lowest BCUT2D eigenvalue weighted by Crippen LogP contribution is -2.25. The maximum absolute atomic E-state index is 2.43. The van der Waals surface area contributed by atoms with Gasteiger partial charge in [0.25, 0.3) is 0 Å². The van der Waals surface area contributed by atoms with Gasteiger partial charge in [0.1, 0.15) is 0 Å². The van der Waals surface area contributed by atoms with E-state index in [-0.39, 0.29) is 0 Å². The Hall–Kier alpha value is -8.40. The first-order chi connectivity index (χ1) is 31.8. The third-order valence-corrected chi connectivity index (χ3v) is 13.0. The standard InChI is InChI=1S/C61H43N3/c1-5-21-44(22-6-1)62(45-23-7-2-8-24-45)48-29-19-31-50(41-48)64(51-32-20-30-49(42-51)63(46-25-9-3-10-26-46)47-27-11-4-12-28-47)52-39-40-60-56(43-52)55-35-15-18-38-59(55)61(60)57-36-16-13-33-53(57)54-34-14-17-37-58(54)61/h1-43H. The highest BCUT2D eigenvalue weighted by atomic mass is 15.2. The Morgan fingerprint density at radius 2 is 0.453 bits per heavy atom. The van der Waals surface area contributed by atoms with Crippen LogP contribution in [0.25, 0.3) is 22.3 Å². The van der Waals surface area contributed by atoms with Gasteiger partial charge in [-0.2, -0.15) is 0 Å². The summed E-state index contributed by atoms with van der Waals surface area (Å²) >= 11 is 0. The number of fused-ring (bicyclic) bond motifs is 10. The van der Waals surface area contributed by atoms with Gasteiger partial charge in [-0.3, -0.25) is 0 Å². The van der Waals surface area contributed by atoms with Crippen molar-refractivity contribution in [2.75, 3.05) is 14.7 Å². The molecule has 0 bridgehead atoms. The van der Waals surface area contributed by atoms with Crippen molar-refractivity contribution in [3.8, 4) is 22.3 Å². The molecule has 0 saturated carbocycles. The molecule has 2 aliphatic carbocycles. The van der Waals surface area contributed by atoms with Gasteiger partial charge in [-0.25, -0.2) is 0 Å². The Balaban J connectivity index is 1.08. The van der Waals surface area contributed by atoms with Crippen LogP contribution in [0.1, 0.15) is 22.3 Å². The minimum Gasteiger partial charge on any atom is -0.310 e. The summed E-state index contributed by atoms with van der Waals surface area (Å²) in [7, 11) is 0. The first-order valence-electron chi connectivity index (χ1n) is 22.0. The molecule has 3 nitrogen and oxygen atoms in total. The molecule has 0 saturated heterocycles. The maximum atomic E-state index is 2.43. The monoisotopic (exact) mass is 817 g/mol. The third kappa shape index (κ3) is 5.97. The van der Waals surface area contributed by atoms with Crippen LogP contribution < -0.4 is 14.7 Å². The Bertz CT molecular complexity index is 3040. The smallest absolute Gasteiger partial charge is 0.0725 e. The molecule has 10 aromatic rings. The summed E-state index contributed by atoms with van der Waals surface area (Å²) in [4.78, 5) is 7.10. The van der Waals surface area contributed by atoms with E-state index in [9.17, 15) is 0 Å². The van der Waals surface area contributed by atoms with Crippen molar-refractivity contribution < 1.29 is 0 Å². The van der Waals surface area contributed by atoms with E-state index in [1.54, 1.807) is 0 Å². The van der Waals surface area contributed by atoms with Crippen molar-refractivity contribution in [1.82, 2.24) is 0 Å². The Kier molecular flexibility index (Phi) is 9.05. The number of hydrogen-bond donors (Lipinski definition) is 0. The van der Waals surface area contributed by atoms with E-state index in [2.05, 4.69) is 276 Å². The summed E-state index contributed by atoms with van der Waals surface area (Å²) in [6.45, 7) is 0. The average molecular weight is 818 g/mol. The van der Waals surface area contributed by atoms with Crippen LogP contribution in [0.15, 0.2) is 261 Å². The van der Waals surface area contributed by atoms with Gasteiger partial charge in [0, 0.05) is 51.2 Å². The summed E-state index contributed by atoms with van der Waals surface area (Å²) in [5.74, 6) is 0. The van der Waals surface area contributed by atoms with Crippen LogP contribution in [0.3, 0.4) is 0 Å². The molecule has 10 aromatic carbocycles. The number of benzene rings is 10. The average Bonchev–Trinajstić information content (AvgIpc) is 3.83. The molecule has 0 aliphatic heterocycles. The van der Waals surface area contributed by atoms with Gasteiger partial charge < -0.3 is 14.7 Å². The Morgan fingerprint density at radius 1 is 0.188 bits per heavy atom. The molecule has 1 spiro atoms. The summed E-state index contributed by atoms with van der Waals surface area (Å²) in [6.07, 6.45) is 0. The molecule has 12 rings (SSSR count). The molecule has 0 fully saturated rings. The van der Waals surface area contributed by atoms with Gasteiger partial charge in [-0.15, -0.1) is 0 Å². The molecule has 64 heavy (non-hydrogen) atoms. The van der Waals surface area contributed by atoms with E-state index < -0.39 is 5.41 Å². The third-order valence-electron chi connectivity index (χ3n) is 13.0. The lowest BCUT2D eigenvalue weighted by molar-refractivity contribution is 0.794. The van der Waals surface area contributed by atoms with Crippen molar-refractivity contribution in [1.29, 1.82) is 0 Å². The molecule has 3 heteroatoms. The Morgan fingerprint density at radius 3 is 0.828 bits per heavy atom. The number of anilines is 9. The highest BCUT2D eigenvalue weighted by molar-refractivity contribution is 5.97. The van der Waals surface area contributed by atoms with Crippen LogP contribution >= 0.6 is 0 Å². The largest absolute Gasteiger partial charge is 0.310 e. The van der Waals surface area contributed by atoms with Crippen LogP contribution in [0.4, 0.5) is 51.2 Å². The molecule has 0 heterocycles. The molecule has 0 unspecified atom stereocenters. The van der Waals surface area contributed by atoms with Crippen molar-refractivity contribution in [2.24, 2.45) is 0 Å². The zero-order valence-corrected chi connectivity index (χ0v) is 35.2. The zero-order valence-electron chi connectivity index (χ0n) is 35.2. The highest BCUT2D eigenvalue weighted by Crippen LogP contribution is 2.63. The molecule has 0 radical (unpaired) electrons. The second kappa shape index (κ2) is 15.5. The van der Waals surface area contributed by atoms with E-state index in [1.165, 1.54) is 44.5 Å². The van der Waals surface area contributed by atoms with Crippen molar-refractivity contribution in [2.45, 2.75) is 5.41 Å². The molecule has 0 aromatic heterocycles. The molecular weight excluding hydrogens is 775 g/mol. The van der Waals surface area contributed by atoms with E-state index in [4.69, 9.17) is 0 Å². The van der Waals surface area contributed by atoms with E-state index in [0.29, 0.717) is 0 Å². The van der Waals surface area contributed by atoms with E-state index >= 15 is 0 Å². The lowest BCUT2D eigenvalue weighted by Gasteiger charge is -2.32. The van der Waals surface area contributed by atoms with Gasteiger partial charge in [-0.1, -0.05) is 164 Å². The van der Waals surface area contributed by atoms with Crippen molar-refractivity contribution >= 4 is 51.2 Å². The topological polar surface area (TPSA) is 9.72 Å². The first-order valence-corrected chi connectivity index (χ1v) is 22.0. The molecule has 302 valence electrons. The van der Waals surface area contributed by atoms with E-state index in [1.807, 2.05) is 0 Å². The van der Waals surface area contributed by atoms with Crippen LogP contribution in [0.2, 0.25) is 0 Å². The predicted octanol–water partition coefficient (Wildman–Crippen LogP) is 16.4. The quantitative estimate of drug-likeness (QED) is 0.144. The number of nitrogens with zero attached hydrogens (tertiary/aromatic N) is 3. The molecule has 2 aliphatic rings. The number of rotatable bonds is 9. The van der Waals surface area contributed by atoms with Crippen molar-refractivity contribution in [3.05, 3.63) is 283 Å². The van der Waals surface area contributed by atoms with Crippen LogP contribution in [0.5, 0.6) is 0 Å². The van der Waals surface area contributed by atoms with Gasteiger partial charge >= 0.3 is 0 Å². The molecular formula is C61H43N3. The van der Waals surface area contributed by atoms with Gasteiger partial charge in [0.05, 0.1) is 5.41 Å². The summed E-state index contributed by atoms with van der Waals surface area (Å²) in [5, 5.41) is 0. The van der Waals surface area contributed by atoms with Gasteiger partial charge in [-0.05, 0) is 142 Å². The van der Waals surface area contributed by atoms with Gasteiger partial charge in [0.2, 0.25) is 0 Å². The highest BCUT2D eigenvalue weighted by Gasteiger charge is 2.51. The Labute approximate surface area is 375 Å². The molecule has 0 amide bonds. The fourth-order valence-electron chi connectivity index (χ4n) is 10.4. The van der Waals surface area contributed by atoms with Gasteiger partial charge in [0.15, 0.2) is 0 Å². The van der Waals surface area contributed by atoms with Crippen LogP contribution in [-0.4, -0.2) is 0 Å². The second-order valence-electron chi connectivity index (χ2n) is 16.5. The summed E-state index contributed by atoms with van der Waals surface area (Å²) in [6, 6.07) is 94.7. The van der Waals surface area contributed by atoms with Crippen LogP contribution in [0, 0.1) is 0 Å². The fourth-order valence-corrected chi connectivity index (χ4v) is 10.4. The number of hydrogen-bond acceptors (Lipinski definition) is 3. The van der Waals surface area contributed by atoms with E-state index in [0.717, 1.165) is 51.2 Å². The molecule has 0 N–H and O–H groups in total. The minimum atomic E-state index is -0.417. The summed E-state index contributed by atoms with van der Waals surface area (Å²) < 4.78 is 0.